The Balaban J connectivity index is 1.71. The largest absolute Gasteiger partial charge is 0.506 e. The summed E-state index contributed by atoms with van der Waals surface area (Å²) in [6.45, 7) is 1.90. The Hall–Kier alpha value is -1.09. The molecule has 82 valence electrons. The van der Waals surface area contributed by atoms with Crippen molar-refractivity contribution in [1.82, 2.24) is 10.3 Å². The lowest BCUT2D eigenvalue weighted by Crippen LogP contribution is -2.21. The summed E-state index contributed by atoms with van der Waals surface area (Å²) in [4.78, 5) is 4.13. The van der Waals surface area contributed by atoms with Crippen molar-refractivity contribution in [1.29, 1.82) is 0 Å². The van der Waals surface area contributed by atoms with Crippen molar-refractivity contribution in [3.05, 3.63) is 24.0 Å². The van der Waals surface area contributed by atoms with Crippen LogP contribution < -0.4 is 5.32 Å². The van der Waals surface area contributed by atoms with Gasteiger partial charge in [-0.2, -0.15) is 0 Å². The fraction of sp³-hybridized carbons (Fsp3) is 0.583. The lowest BCUT2D eigenvalue weighted by atomic mass is 10.1. The maximum atomic E-state index is 9.07. The van der Waals surface area contributed by atoms with Crippen LogP contribution in [0.3, 0.4) is 0 Å². The second-order valence-electron chi connectivity index (χ2n) is 4.29. The molecular formula is C12H18N2O. The summed E-state index contributed by atoms with van der Waals surface area (Å²) in [5, 5.41) is 12.5. The zero-order chi connectivity index (χ0) is 10.5. The summed E-state index contributed by atoms with van der Waals surface area (Å²) in [5.41, 5.74) is 0.991. The van der Waals surface area contributed by atoms with Crippen molar-refractivity contribution in [2.45, 2.75) is 32.2 Å². The highest BCUT2D eigenvalue weighted by Gasteiger charge is 2.13. The molecule has 2 rings (SSSR count). The van der Waals surface area contributed by atoms with Gasteiger partial charge >= 0.3 is 0 Å². The lowest BCUT2D eigenvalue weighted by Gasteiger charge is -2.09. The Kier molecular flexibility index (Phi) is 3.56. The Bertz CT molecular complexity index is 291. The highest BCUT2D eigenvalue weighted by atomic mass is 16.3. The van der Waals surface area contributed by atoms with E-state index in [2.05, 4.69) is 10.3 Å². The lowest BCUT2D eigenvalue weighted by molar-refractivity contribution is 0.469. The standard InChI is InChI=1S/C12H18N2O/c15-12-6-5-11(14-9-12)8-13-7-10-3-1-2-4-10/h5-6,9-10,13,15H,1-4,7-8H2. The highest BCUT2D eigenvalue weighted by molar-refractivity contribution is 5.17. The van der Waals surface area contributed by atoms with Crippen LogP contribution in [0.15, 0.2) is 18.3 Å². The first-order valence-corrected chi connectivity index (χ1v) is 5.69. The minimum Gasteiger partial charge on any atom is -0.506 e. The van der Waals surface area contributed by atoms with E-state index in [4.69, 9.17) is 5.11 Å². The zero-order valence-corrected chi connectivity index (χ0v) is 8.95. The molecule has 0 bridgehead atoms. The van der Waals surface area contributed by atoms with Crippen molar-refractivity contribution < 1.29 is 5.11 Å². The Labute approximate surface area is 90.5 Å². The van der Waals surface area contributed by atoms with E-state index in [1.807, 2.05) is 6.07 Å². The van der Waals surface area contributed by atoms with E-state index >= 15 is 0 Å². The molecule has 0 aromatic carbocycles. The average molecular weight is 206 g/mol. The predicted molar refractivity (Wildman–Crippen MR) is 59.6 cm³/mol. The molecule has 1 aromatic rings. The summed E-state index contributed by atoms with van der Waals surface area (Å²) in [6.07, 6.45) is 7.02. The summed E-state index contributed by atoms with van der Waals surface area (Å²) >= 11 is 0. The SMILES string of the molecule is Oc1ccc(CNCC2CCCC2)nc1. The van der Waals surface area contributed by atoms with Gasteiger partial charge in [-0.05, 0) is 37.4 Å². The number of hydrogen-bond donors (Lipinski definition) is 2. The van der Waals surface area contributed by atoms with Gasteiger partial charge in [0.2, 0.25) is 0 Å². The van der Waals surface area contributed by atoms with Crippen LogP contribution in [0, 0.1) is 5.92 Å². The molecular weight excluding hydrogens is 188 g/mol. The quantitative estimate of drug-likeness (QED) is 0.792. The number of rotatable bonds is 4. The van der Waals surface area contributed by atoms with Crippen LogP contribution in [0.4, 0.5) is 0 Å². The van der Waals surface area contributed by atoms with Crippen LogP contribution in [0.5, 0.6) is 5.75 Å². The third-order valence-corrected chi connectivity index (χ3v) is 3.02. The van der Waals surface area contributed by atoms with Gasteiger partial charge in [0, 0.05) is 6.54 Å². The first-order chi connectivity index (χ1) is 7.34. The minimum absolute atomic E-state index is 0.231. The molecule has 0 spiro atoms. The highest BCUT2D eigenvalue weighted by Crippen LogP contribution is 2.23. The molecule has 1 aliphatic rings. The fourth-order valence-corrected chi connectivity index (χ4v) is 2.14. The van der Waals surface area contributed by atoms with Gasteiger partial charge in [-0.1, -0.05) is 12.8 Å². The molecule has 1 aromatic heterocycles. The molecule has 1 fully saturated rings. The van der Waals surface area contributed by atoms with Gasteiger partial charge in [0.05, 0.1) is 11.9 Å². The van der Waals surface area contributed by atoms with Crippen molar-refractivity contribution in [3.8, 4) is 5.75 Å². The second kappa shape index (κ2) is 5.12. The molecule has 3 nitrogen and oxygen atoms in total. The third-order valence-electron chi connectivity index (χ3n) is 3.02. The van der Waals surface area contributed by atoms with Gasteiger partial charge < -0.3 is 10.4 Å². The maximum absolute atomic E-state index is 9.07. The van der Waals surface area contributed by atoms with Gasteiger partial charge in [0.25, 0.3) is 0 Å². The number of aromatic nitrogens is 1. The first-order valence-electron chi connectivity index (χ1n) is 5.69. The second-order valence-corrected chi connectivity index (χ2v) is 4.29. The molecule has 0 amide bonds. The number of pyridine rings is 1. The molecule has 0 radical (unpaired) electrons. The van der Waals surface area contributed by atoms with E-state index < -0.39 is 0 Å². The van der Waals surface area contributed by atoms with E-state index in [1.165, 1.54) is 31.9 Å². The van der Waals surface area contributed by atoms with Crippen LogP contribution in [-0.4, -0.2) is 16.6 Å². The summed E-state index contributed by atoms with van der Waals surface area (Å²) < 4.78 is 0. The van der Waals surface area contributed by atoms with Crippen molar-refractivity contribution in [2.75, 3.05) is 6.54 Å². The van der Waals surface area contributed by atoms with Gasteiger partial charge in [-0.3, -0.25) is 4.98 Å². The molecule has 0 atom stereocenters. The minimum atomic E-state index is 0.231. The first kappa shape index (κ1) is 10.4. The van der Waals surface area contributed by atoms with Crippen LogP contribution in [0.1, 0.15) is 31.4 Å². The summed E-state index contributed by atoms with van der Waals surface area (Å²) in [6, 6.07) is 3.54. The van der Waals surface area contributed by atoms with Crippen LogP contribution in [-0.2, 0) is 6.54 Å². The van der Waals surface area contributed by atoms with Gasteiger partial charge in [0.15, 0.2) is 0 Å². The van der Waals surface area contributed by atoms with E-state index in [9.17, 15) is 0 Å². The monoisotopic (exact) mass is 206 g/mol. The van der Waals surface area contributed by atoms with Crippen LogP contribution in [0.2, 0.25) is 0 Å². The average Bonchev–Trinajstić information content (AvgIpc) is 2.74. The molecule has 15 heavy (non-hydrogen) atoms. The van der Waals surface area contributed by atoms with Crippen LogP contribution in [0.25, 0.3) is 0 Å². The molecule has 0 aliphatic heterocycles. The van der Waals surface area contributed by atoms with Gasteiger partial charge in [-0.25, -0.2) is 0 Å². The van der Waals surface area contributed by atoms with E-state index in [-0.39, 0.29) is 5.75 Å². The smallest absolute Gasteiger partial charge is 0.133 e. The molecule has 0 unspecified atom stereocenters. The van der Waals surface area contributed by atoms with E-state index in [1.54, 1.807) is 6.07 Å². The number of nitrogens with one attached hydrogen (secondary N) is 1. The van der Waals surface area contributed by atoms with E-state index in [0.29, 0.717) is 0 Å². The van der Waals surface area contributed by atoms with Crippen molar-refractivity contribution in [3.63, 3.8) is 0 Å². The fourth-order valence-electron chi connectivity index (χ4n) is 2.14. The topological polar surface area (TPSA) is 45.1 Å². The van der Waals surface area contributed by atoms with E-state index in [0.717, 1.165) is 24.7 Å². The number of aromatic hydroxyl groups is 1. The predicted octanol–water partition coefficient (Wildman–Crippen LogP) is 2.07. The summed E-state index contributed by atoms with van der Waals surface area (Å²) in [7, 11) is 0. The molecule has 2 N–H and O–H groups in total. The summed E-state index contributed by atoms with van der Waals surface area (Å²) in [5.74, 6) is 1.09. The van der Waals surface area contributed by atoms with Crippen molar-refractivity contribution >= 4 is 0 Å². The molecule has 1 heterocycles. The van der Waals surface area contributed by atoms with Gasteiger partial charge in [0.1, 0.15) is 5.75 Å². The third kappa shape index (κ3) is 3.20. The molecule has 0 saturated heterocycles. The van der Waals surface area contributed by atoms with Crippen LogP contribution >= 0.6 is 0 Å². The molecule has 1 saturated carbocycles. The number of hydrogen-bond acceptors (Lipinski definition) is 3. The maximum Gasteiger partial charge on any atom is 0.133 e. The zero-order valence-electron chi connectivity index (χ0n) is 8.95. The number of nitrogens with zero attached hydrogens (tertiary/aromatic N) is 1. The molecule has 1 aliphatic carbocycles. The van der Waals surface area contributed by atoms with Gasteiger partial charge in [-0.15, -0.1) is 0 Å². The Morgan fingerprint density at radius 3 is 2.80 bits per heavy atom. The van der Waals surface area contributed by atoms with Crippen molar-refractivity contribution in [2.24, 2.45) is 5.92 Å². The molecule has 3 heteroatoms. The Morgan fingerprint density at radius 2 is 2.13 bits per heavy atom. The normalized spacial score (nSPS) is 17.1. The Morgan fingerprint density at radius 1 is 1.33 bits per heavy atom.